The number of amides is 1. The second-order valence-electron chi connectivity index (χ2n) is 4.37. The number of nitrogens with one attached hydrogen (secondary N) is 1. The lowest BCUT2D eigenvalue weighted by atomic mass is 10.1. The molecule has 4 heteroatoms. The van der Waals surface area contributed by atoms with Crippen molar-refractivity contribution in [1.29, 1.82) is 0 Å². The topological polar surface area (TPSA) is 58.4 Å². The summed E-state index contributed by atoms with van der Waals surface area (Å²) < 4.78 is 0. The van der Waals surface area contributed by atoms with Gasteiger partial charge in [0.25, 0.3) is 0 Å². The van der Waals surface area contributed by atoms with Gasteiger partial charge in [-0.05, 0) is 38.2 Å². The van der Waals surface area contributed by atoms with Crippen LogP contribution in [0.5, 0.6) is 0 Å². The fourth-order valence-corrected chi connectivity index (χ4v) is 1.53. The van der Waals surface area contributed by atoms with Gasteiger partial charge in [0.2, 0.25) is 5.91 Å². The number of hydrogen-bond acceptors (Lipinski definition) is 3. The highest BCUT2D eigenvalue weighted by molar-refractivity contribution is 5.77. The van der Waals surface area contributed by atoms with Crippen LogP contribution in [0.2, 0.25) is 0 Å². The number of nitrogens with zero attached hydrogens (tertiary/aromatic N) is 1. The van der Waals surface area contributed by atoms with Crippen LogP contribution in [0.3, 0.4) is 0 Å². The largest absolute Gasteiger partial charge is 0.351 e. The van der Waals surface area contributed by atoms with Gasteiger partial charge in [0.15, 0.2) is 0 Å². The monoisotopic (exact) mass is 235 g/mol. The highest BCUT2D eigenvalue weighted by Gasteiger charge is 2.02. The minimum Gasteiger partial charge on any atom is -0.351 e. The van der Waals surface area contributed by atoms with Gasteiger partial charge >= 0.3 is 0 Å². The molecule has 0 aliphatic heterocycles. The van der Waals surface area contributed by atoms with Gasteiger partial charge in [0, 0.05) is 6.54 Å². The second-order valence-corrected chi connectivity index (χ2v) is 4.37. The lowest BCUT2D eigenvalue weighted by Gasteiger charge is -2.10. The Morgan fingerprint density at radius 3 is 2.35 bits per heavy atom. The van der Waals surface area contributed by atoms with Crippen LogP contribution in [0.1, 0.15) is 11.1 Å². The van der Waals surface area contributed by atoms with Crippen molar-refractivity contribution in [1.82, 2.24) is 10.2 Å². The Balaban J connectivity index is 2.39. The number of benzene rings is 1. The summed E-state index contributed by atoms with van der Waals surface area (Å²) >= 11 is 0. The van der Waals surface area contributed by atoms with E-state index in [0.717, 1.165) is 12.0 Å². The number of carbonyl (C=O) groups is 1. The molecule has 0 heterocycles. The molecule has 0 aromatic heterocycles. The van der Waals surface area contributed by atoms with E-state index >= 15 is 0 Å². The van der Waals surface area contributed by atoms with Crippen molar-refractivity contribution in [2.45, 2.75) is 13.0 Å². The number of rotatable bonds is 6. The van der Waals surface area contributed by atoms with Gasteiger partial charge < -0.3 is 16.0 Å². The molecular formula is C13H21N3O. The molecular weight excluding hydrogens is 214 g/mol. The van der Waals surface area contributed by atoms with Crippen molar-refractivity contribution in [3.05, 3.63) is 35.4 Å². The molecule has 0 radical (unpaired) electrons. The van der Waals surface area contributed by atoms with E-state index in [1.807, 2.05) is 31.1 Å². The van der Waals surface area contributed by atoms with Crippen LogP contribution < -0.4 is 11.1 Å². The Morgan fingerprint density at radius 2 is 1.82 bits per heavy atom. The lowest BCUT2D eigenvalue weighted by molar-refractivity contribution is -0.121. The van der Waals surface area contributed by atoms with Gasteiger partial charge in [0.1, 0.15) is 0 Å². The highest BCUT2D eigenvalue weighted by atomic mass is 16.1. The minimum atomic E-state index is 0.0426. The Hall–Kier alpha value is -1.39. The smallest absolute Gasteiger partial charge is 0.234 e. The third-order valence-corrected chi connectivity index (χ3v) is 2.41. The molecule has 94 valence electrons. The molecule has 0 spiro atoms. The molecule has 0 aliphatic carbocycles. The van der Waals surface area contributed by atoms with Crippen molar-refractivity contribution in [2.75, 3.05) is 27.2 Å². The van der Waals surface area contributed by atoms with Crippen LogP contribution in [-0.4, -0.2) is 38.0 Å². The van der Waals surface area contributed by atoms with Crippen LogP contribution >= 0.6 is 0 Å². The average molecular weight is 235 g/mol. The van der Waals surface area contributed by atoms with Crippen molar-refractivity contribution >= 4 is 5.91 Å². The second kappa shape index (κ2) is 7.04. The molecule has 1 aromatic carbocycles. The van der Waals surface area contributed by atoms with E-state index in [1.165, 1.54) is 5.56 Å². The average Bonchev–Trinajstić information content (AvgIpc) is 2.28. The summed E-state index contributed by atoms with van der Waals surface area (Å²) in [5.74, 6) is 0.0426. The first kappa shape index (κ1) is 13.7. The van der Waals surface area contributed by atoms with E-state index < -0.39 is 0 Å². The molecule has 17 heavy (non-hydrogen) atoms. The van der Waals surface area contributed by atoms with Gasteiger partial charge in [-0.1, -0.05) is 24.3 Å². The highest BCUT2D eigenvalue weighted by Crippen LogP contribution is 2.04. The fraction of sp³-hybridized carbons (Fsp3) is 0.462. The van der Waals surface area contributed by atoms with E-state index in [4.69, 9.17) is 5.73 Å². The van der Waals surface area contributed by atoms with Crippen molar-refractivity contribution in [3.63, 3.8) is 0 Å². The van der Waals surface area contributed by atoms with Gasteiger partial charge in [-0.3, -0.25) is 4.79 Å². The molecule has 1 amide bonds. The summed E-state index contributed by atoms with van der Waals surface area (Å²) in [5, 5.41) is 2.88. The van der Waals surface area contributed by atoms with E-state index in [2.05, 4.69) is 17.4 Å². The van der Waals surface area contributed by atoms with Gasteiger partial charge in [-0.2, -0.15) is 0 Å². The molecule has 0 aliphatic rings. The molecule has 4 nitrogen and oxygen atoms in total. The van der Waals surface area contributed by atoms with Crippen molar-refractivity contribution in [3.8, 4) is 0 Å². The first-order valence-electron chi connectivity index (χ1n) is 5.81. The maximum Gasteiger partial charge on any atom is 0.234 e. The SMILES string of the molecule is CN(C)CC(=O)NCc1ccc(CCN)cc1. The molecule has 0 atom stereocenters. The zero-order chi connectivity index (χ0) is 12.7. The number of carbonyl (C=O) groups excluding carboxylic acids is 1. The summed E-state index contributed by atoms with van der Waals surface area (Å²) in [5.41, 5.74) is 7.82. The third kappa shape index (κ3) is 5.47. The van der Waals surface area contributed by atoms with Crippen LogP contribution in [-0.2, 0) is 17.8 Å². The lowest BCUT2D eigenvalue weighted by Crippen LogP contribution is -2.32. The minimum absolute atomic E-state index is 0.0426. The summed E-state index contributed by atoms with van der Waals surface area (Å²) in [4.78, 5) is 13.3. The maximum absolute atomic E-state index is 11.4. The quantitative estimate of drug-likeness (QED) is 0.749. The molecule has 1 aromatic rings. The normalized spacial score (nSPS) is 10.6. The molecule has 0 bridgehead atoms. The van der Waals surface area contributed by atoms with Gasteiger partial charge in [0.05, 0.1) is 6.54 Å². The van der Waals surface area contributed by atoms with Crippen LogP contribution in [0, 0.1) is 0 Å². The third-order valence-electron chi connectivity index (χ3n) is 2.41. The summed E-state index contributed by atoms with van der Waals surface area (Å²) in [6, 6.07) is 8.17. The molecule has 0 saturated carbocycles. The van der Waals surface area contributed by atoms with Gasteiger partial charge in [-0.25, -0.2) is 0 Å². The zero-order valence-electron chi connectivity index (χ0n) is 10.6. The molecule has 0 unspecified atom stereocenters. The molecule has 3 N–H and O–H groups in total. The van der Waals surface area contributed by atoms with E-state index in [1.54, 1.807) is 0 Å². The van der Waals surface area contributed by atoms with Crippen molar-refractivity contribution in [2.24, 2.45) is 5.73 Å². The molecule has 0 fully saturated rings. The Kier molecular flexibility index (Phi) is 5.66. The summed E-state index contributed by atoms with van der Waals surface area (Å²) in [6.07, 6.45) is 0.896. The summed E-state index contributed by atoms with van der Waals surface area (Å²) in [7, 11) is 3.75. The zero-order valence-corrected chi connectivity index (χ0v) is 10.6. The van der Waals surface area contributed by atoms with Gasteiger partial charge in [-0.15, -0.1) is 0 Å². The van der Waals surface area contributed by atoms with E-state index in [0.29, 0.717) is 19.6 Å². The van der Waals surface area contributed by atoms with Crippen LogP contribution in [0.4, 0.5) is 0 Å². The van der Waals surface area contributed by atoms with Crippen LogP contribution in [0.25, 0.3) is 0 Å². The first-order chi connectivity index (χ1) is 8.11. The standard InChI is InChI=1S/C13H21N3O/c1-16(2)10-13(17)15-9-12-5-3-11(4-6-12)7-8-14/h3-6H,7-10,14H2,1-2H3,(H,15,17). The summed E-state index contributed by atoms with van der Waals surface area (Å²) in [6.45, 7) is 1.67. The fourth-order valence-electron chi connectivity index (χ4n) is 1.53. The van der Waals surface area contributed by atoms with E-state index in [-0.39, 0.29) is 5.91 Å². The number of nitrogens with two attached hydrogens (primary N) is 1. The number of likely N-dealkylation sites (N-methyl/N-ethyl adjacent to an activating group) is 1. The van der Waals surface area contributed by atoms with E-state index in [9.17, 15) is 4.79 Å². The number of hydrogen-bond donors (Lipinski definition) is 2. The Bertz CT molecular complexity index is 346. The molecule has 0 saturated heterocycles. The van der Waals surface area contributed by atoms with Crippen molar-refractivity contribution < 1.29 is 4.79 Å². The Labute approximate surface area is 103 Å². The van der Waals surface area contributed by atoms with Crippen LogP contribution in [0.15, 0.2) is 24.3 Å². The Morgan fingerprint density at radius 1 is 1.24 bits per heavy atom. The first-order valence-corrected chi connectivity index (χ1v) is 5.81. The maximum atomic E-state index is 11.4. The predicted molar refractivity (Wildman–Crippen MR) is 69.6 cm³/mol. The predicted octanol–water partition coefficient (Wildman–Crippen LogP) is 0.366. The molecule has 1 rings (SSSR count).